The summed E-state index contributed by atoms with van der Waals surface area (Å²) in [5.74, 6) is -0.217. The molecule has 2 nitrogen and oxygen atoms in total. The Hall–Kier alpha value is -2.60. The van der Waals surface area contributed by atoms with Crippen molar-refractivity contribution in [2.45, 2.75) is 20.4 Å². The Bertz CT molecular complexity index is 869. The molecule has 3 rings (SSSR count). The average Bonchev–Trinajstić information content (AvgIpc) is 2.72. The molecule has 3 aromatic rings. The summed E-state index contributed by atoms with van der Waals surface area (Å²) < 4.78 is 15.5. The first-order valence-corrected chi connectivity index (χ1v) is 6.84. The number of hydrogen-bond acceptors (Lipinski definition) is 1. The Labute approximate surface area is 123 Å². The molecule has 0 aliphatic rings. The lowest BCUT2D eigenvalue weighted by Crippen LogP contribution is -2.02. The Morgan fingerprint density at radius 1 is 1.14 bits per heavy atom. The summed E-state index contributed by atoms with van der Waals surface area (Å²) in [5.41, 5.74) is 4.98. The fourth-order valence-corrected chi connectivity index (χ4v) is 2.74. The molecule has 0 amide bonds. The lowest BCUT2D eigenvalue weighted by Gasteiger charge is -2.09. The monoisotopic (exact) mass is 278 g/mol. The Balaban J connectivity index is 2.15. The molecular weight excluding hydrogens is 263 g/mol. The van der Waals surface area contributed by atoms with Gasteiger partial charge in [0.1, 0.15) is 5.82 Å². The van der Waals surface area contributed by atoms with Crippen LogP contribution in [0.4, 0.5) is 4.39 Å². The van der Waals surface area contributed by atoms with Gasteiger partial charge in [-0.3, -0.25) is 0 Å². The smallest absolute Gasteiger partial charge is 0.123 e. The summed E-state index contributed by atoms with van der Waals surface area (Å²) in [4.78, 5) is 0. The van der Waals surface area contributed by atoms with Gasteiger partial charge in [0.05, 0.1) is 11.6 Å². The number of aromatic nitrogens is 1. The maximum Gasteiger partial charge on any atom is 0.123 e. The van der Waals surface area contributed by atoms with Crippen LogP contribution in [-0.2, 0) is 6.54 Å². The van der Waals surface area contributed by atoms with E-state index in [1.54, 1.807) is 12.1 Å². The van der Waals surface area contributed by atoms with Gasteiger partial charge in [0.15, 0.2) is 0 Å². The fraction of sp³-hybridized carbons (Fsp3) is 0.167. The van der Waals surface area contributed by atoms with E-state index in [0.29, 0.717) is 12.1 Å². The van der Waals surface area contributed by atoms with Crippen LogP contribution in [0.5, 0.6) is 0 Å². The molecule has 0 fully saturated rings. The van der Waals surface area contributed by atoms with Gasteiger partial charge in [-0.05, 0) is 55.3 Å². The van der Waals surface area contributed by atoms with Gasteiger partial charge in [0, 0.05) is 23.1 Å². The summed E-state index contributed by atoms with van der Waals surface area (Å²) in [6.07, 6.45) is 0. The lowest BCUT2D eigenvalue weighted by atomic mass is 10.1. The van der Waals surface area contributed by atoms with Crippen molar-refractivity contribution in [2.75, 3.05) is 0 Å². The Morgan fingerprint density at radius 2 is 1.95 bits per heavy atom. The van der Waals surface area contributed by atoms with E-state index in [9.17, 15) is 4.39 Å². The first-order chi connectivity index (χ1) is 10.1. The molecule has 0 unspecified atom stereocenters. The first kappa shape index (κ1) is 13.4. The number of nitriles is 1. The Kier molecular flexibility index (Phi) is 3.23. The minimum Gasteiger partial charge on any atom is -0.340 e. The van der Waals surface area contributed by atoms with Gasteiger partial charge >= 0.3 is 0 Å². The second-order valence-corrected chi connectivity index (χ2v) is 5.27. The largest absolute Gasteiger partial charge is 0.340 e. The van der Waals surface area contributed by atoms with E-state index < -0.39 is 0 Å². The second-order valence-electron chi connectivity index (χ2n) is 5.27. The fourth-order valence-electron chi connectivity index (χ4n) is 2.74. The predicted molar refractivity (Wildman–Crippen MR) is 81.6 cm³/mol. The number of hydrogen-bond donors (Lipinski definition) is 0. The van der Waals surface area contributed by atoms with E-state index in [4.69, 9.17) is 5.26 Å². The Morgan fingerprint density at radius 3 is 2.67 bits per heavy atom. The summed E-state index contributed by atoms with van der Waals surface area (Å²) in [6.45, 7) is 4.74. The van der Waals surface area contributed by atoms with Crippen LogP contribution >= 0.6 is 0 Å². The number of fused-ring (bicyclic) bond motifs is 1. The highest BCUT2D eigenvalue weighted by Crippen LogP contribution is 2.27. The molecule has 1 aromatic heterocycles. The van der Waals surface area contributed by atoms with Gasteiger partial charge in [-0.2, -0.15) is 5.26 Å². The first-order valence-electron chi connectivity index (χ1n) is 6.84. The van der Waals surface area contributed by atoms with E-state index in [0.717, 1.165) is 22.2 Å². The maximum atomic E-state index is 13.3. The topological polar surface area (TPSA) is 28.7 Å². The van der Waals surface area contributed by atoms with Crippen LogP contribution in [0.2, 0.25) is 0 Å². The van der Waals surface area contributed by atoms with Gasteiger partial charge < -0.3 is 4.57 Å². The summed E-state index contributed by atoms with van der Waals surface area (Å²) >= 11 is 0. The van der Waals surface area contributed by atoms with E-state index in [2.05, 4.69) is 24.5 Å². The van der Waals surface area contributed by atoms with Gasteiger partial charge in [-0.1, -0.05) is 12.1 Å². The molecule has 2 aromatic carbocycles. The molecule has 0 spiro atoms. The van der Waals surface area contributed by atoms with Gasteiger partial charge in [-0.15, -0.1) is 0 Å². The number of benzene rings is 2. The number of rotatable bonds is 2. The molecule has 3 heteroatoms. The zero-order valence-corrected chi connectivity index (χ0v) is 12.0. The van der Waals surface area contributed by atoms with Crippen LogP contribution < -0.4 is 0 Å². The van der Waals surface area contributed by atoms with Crippen molar-refractivity contribution in [1.82, 2.24) is 4.57 Å². The quantitative estimate of drug-likeness (QED) is 0.686. The molecule has 0 bridgehead atoms. The molecule has 0 atom stereocenters. The van der Waals surface area contributed by atoms with Crippen molar-refractivity contribution in [1.29, 1.82) is 5.26 Å². The molecule has 21 heavy (non-hydrogen) atoms. The SMILES string of the molecule is Cc1c(C)n(Cc2cccc(F)c2)c2ccc(C#N)cc12. The molecular formula is C18H15FN2. The van der Waals surface area contributed by atoms with E-state index in [-0.39, 0.29) is 5.82 Å². The van der Waals surface area contributed by atoms with Crippen LogP contribution in [0, 0.1) is 31.0 Å². The lowest BCUT2D eigenvalue weighted by molar-refractivity contribution is 0.623. The minimum atomic E-state index is -0.217. The molecule has 0 radical (unpaired) electrons. The third-order valence-corrected chi connectivity index (χ3v) is 4.00. The number of aryl methyl sites for hydroxylation is 1. The second kappa shape index (κ2) is 5.06. The predicted octanol–water partition coefficient (Wildman–Crippen LogP) is 4.32. The molecule has 104 valence electrons. The van der Waals surface area contributed by atoms with Crippen LogP contribution in [0.15, 0.2) is 42.5 Å². The molecule has 0 aliphatic heterocycles. The number of nitrogens with zero attached hydrogens (tertiary/aromatic N) is 2. The molecule has 0 aliphatic carbocycles. The normalized spacial score (nSPS) is 10.8. The van der Waals surface area contributed by atoms with E-state index >= 15 is 0 Å². The number of halogens is 1. The highest BCUT2D eigenvalue weighted by molar-refractivity contribution is 5.86. The van der Waals surface area contributed by atoms with Gasteiger partial charge in [0.25, 0.3) is 0 Å². The van der Waals surface area contributed by atoms with Crippen LogP contribution in [-0.4, -0.2) is 4.57 Å². The average molecular weight is 278 g/mol. The third kappa shape index (κ3) is 2.30. The molecule has 0 saturated carbocycles. The van der Waals surface area contributed by atoms with E-state index in [1.807, 2.05) is 24.3 Å². The van der Waals surface area contributed by atoms with Crippen LogP contribution in [0.1, 0.15) is 22.4 Å². The van der Waals surface area contributed by atoms with Crippen LogP contribution in [0.3, 0.4) is 0 Å². The molecule has 0 saturated heterocycles. The zero-order valence-electron chi connectivity index (χ0n) is 12.0. The highest BCUT2D eigenvalue weighted by Gasteiger charge is 2.12. The van der Waals surface area contributed by atoms with Crippen molar-refractivity contribution in [3.8, 4) is 6.07 Å². The maximum absolute atomic E-state index is 13.3. The standard InChI is InChI=1S/C18H15FN2/c1-12-13(2)21(11-15-4-3-5-16(19)8-15)18-7-6-14(10-20)9-17(12)18/h3-9H,11H2,1-2H3. The van der Waals surface area contributed by atoms with Crippen molar-refractivity contribution in [2.24, 2.45) is 0 Å². The molecule has 0 N–H and O–H groups in total. The summed E-state index contributed by atoms with van der Waals surface area (Å²) in [5, 5.41) is 10.1. The third-order valence-electron chi connectivity index (χ3n) is 4.00. The van der Waals surface area contributed by atoms with Crippen molar-refractivity contribution in [3.63, 3.8) is 0 Å². The van der Waals surface area contributed by atoms with Crippen molar-refractivity contribution >= 4 is 10.9 Å². The van der Waals surface area contributed by atoms with Crippen molar-refractivity contribution in [3.05, 3.63) is 70.7 Å². The van der Waals surface area contributed by atoms with Gasteiger partial charge in [0.2, 0.25) is 0 Å². The summed E-state index contributed by atoms with van der Waals surface area (Å²) in [6, 6.07) is 14.5. The van der Waals surface area contributed by atoms with E-state index in [1.165, 1.54) is 11.6 Å². The van der Waals surface area contributed by atoms with Crippen molar-refractivity contribution < 1.29 is 4.39 Å². The minimum absolute atomic E-state index is 0.217. The van der Waals surface area contributed by atoms with Gasteiger partial charge in [-0.25, -0.2) is 4.39 Å². The van der Waals surface area contributed by atoms with Crippen LogP contribution in [0.25, 0.3) is 10.9 Å². The zero-order chi connectivity index (χ0) is 15.0. The molecule has 1 heterocycles. The highest BCUT2D eigenvalue weighted by atomic mass is 19.1. The summed E-state index contributed by atoms with van der Waals surface area (Å²) in [7, 11) is 0.